The van der Waals surface area contributed by atoms with Crippen molar-refractivity contribution >= 4 is 40.7 Å². The number of hydrogen-bond donors (Lipinski definition) is 1. The van der Waals surface area contributed by atoms with E-state index in [4.69, 9.17) is 9.10 Å². The molecule has 3 aromatic carbocycles. The van der Waals surface area contributed by atoms with Gasteiger partial charge in [0.1, 0.15) is 0 Å². The molecular weight excluding hydrogens is 906 g/mol. The van der Waals surface area contributed by atoms with E-state index in [0.29, 0.717) is 5.56 Å². The third-order valence-electron chi connectivity index (χ3n) is 11.3. The maximum Gasteiger partial charge on any atom is 0 e. The van der Waals surface area contributed by atoms with Crippen LogP contribution in [-0.4, -0.2) is 30.4 Å². The minimum absolute atomic E-state index is 0. The van der Waals surface area contributed by atoms with Crippen molar-refractivity contribution in [3.05, 3.63) is 101 Å². The number of hydrogen-bond acceptors (Lipinski definition) is 3. The maximum atomic E-state index is 11.7. The summed E-state index contributed by atoms with van der Waals surface area (Å²) in [6, 6.07) is 24.3. The van der Waals surface area contributed by atoms with Crippen LogP contribution in [0.2, 0.25) is 0 Å². The number of ketones is 1. The van der Waals surface area contributed by atoms with Crippen molar-refractivity contribution in [2.24, 2.45) is 17.3 Å². The van der Waals surface area contributed by atoms with E-state index in [1.807, 2.05) is 58.2 Å². The number of pyridine rings is 1. The topological polar surface area (TPSA) is 50.2 Å². The predicted octanol–water partition coefficient (Wildman–Crippen LogP) is 13.7. The normalized spacial score (nSPS) is 16.9. The number of aromatic nitrogens is 1. The standard InChI is InChI=1S/C36H38NSe.C13H24O2.Ir/c1-23-19-25(24-13-16-36(5,6)17-14-24)11-12-29(23)32-22-27-15-18-37-33(34(27)38-32)28-20-26-9-7-8-10-30(26)31(21-28)35(2,3)4;1-5-10(6-2)12(14)9-13(15)11(7-3)8-4;/h7-12,15,18-19,21-22,24H,13-14,16-17H2,1-6H3;9-11,14H,5-8H2,1-4H3;/q-1;;/b;12-9-;/i1D3,24D;;. The first-order valence-electron chi connectivity index (χ1n) is 21.7. The molecule has 2 heterocycles. The monoisotopic (exact) mass is 973 g/mol. The number of aliphatic hydroxyl groups excluding tert-OH is 1. The van der Waals surface area contributed by atoms with Gasteiger partial charge in [0.05, 0.1) is 5.76 Å². The zero-order valence-corrected chi connectivity index (χ0v) is 37.9. The fourth-order valence-electron chi connectivity index (χ4n) is 7.54. The van der Waals surface area contributed by atoms with E-state index in [9.17, 15) is 11.3 Å². The first kappa shape index (κ1) is 38.1. The van der Waals surface area contributed by atoms with E-state index >= 15 is 0 Å². The molecule has 5 aromatic rings. The van der Waals surface area contributed by atoms with Crippen LogP contribution >= 0.6 is 0 Å². The van der Waals surface area contributed by atoms with Gasteiger partial charge in [0.15, 0.2) is 5.78 Å². The number of carbonyl (C=O) groups excluding carboxylic acids is 1. The molecule has 0 aliphatic heterocycles. The number of aliphatic hydroxyl groups is 1. The number of carbonyl (C=O) groups is 1. The maximum absolute atomic E-state index is 11.7. The molecule has 0 saturated heterocycles. The Morgan fingerprint density at radius 3 is 2.30 bits per heavy atom. The van der Waals surface area contributed by atoms with E-state index in [0.717, 1.165) is 89.0 Å². The molecule has 1 fully saturated rings. The van der Waals surface area contributed by atoms with Crippen LogP contribution in [0.4, 0.5) is 0 Å². The van der Waals surface area contributed by atoms with Gasteiger partial charge in [-0.2, -0.15) is 0 Å². The summed E-state index contributed by atoms with van der Waals surface area (Å²) in [5.74, 6) is -0.189. The van der Waals surface area contributed by atoms with Crippen LogP contribution in [0.25, 0.3) is 41.7 Å². The second kappa shape index (κ2) is 18.9. The van der Waals surface area contributed by atoms with Crippen LogP contribution in [0, 0.1) is 30.2 Å². The van der Waals surface area contributed by atoms with Crippen LogP contribution in [0.1, 0.15) is 142 Å². The fraction of sp³-hybridized carbons (Fsp3) is 0.469. The van der Waals surface area contributed by atoms with Crippen LogP contribution in [0.3, 0.4) is 0 Å². The molecule has 5 heteroatoms. The fourth-order valence-corrected chi connectivity index (χ4v) is 10.1. The van der Waals surface area contributed by atoms with Gasteiger partial charge in [-0.1, -0.05) is 27.7 Å². The Bertz CT molecular complexity index is 2210. The Morgan fingerprint density at radius 2 is 1.67 bits per heavy atom. The molecular formula is C49H62IrNO2Se-. The summed E-state index contributed by atoms with van der Waals surface area (Å²) in [7, 11) is 0. The molecule has 0 atom stereocenters. The molecule has 1 aliphatic rings. The van der Waals surface area contributed by atoms with Crippen molar-refractivity contribution in [3.63, 3.8) is 0 Å². The van der Waals surface area contributed by atoms with Gasteiger partial charge in [-0.3, -0.25) is 4.79 Å². The Morgan fingerprint density at radius 1 is 1.00 bits per heavy atom. The average molecular weight is 972 g/mol. The van der Waals surface area contributed by atoms with Gasteiger partial charge in [-0.05, 0) is 25.7 Å². The molecule has 291 valence electrons. The van der Waals surface area contributed by atoms with Gasteiger partial charge >= 0.3 is 240 Å². The molecule has 2 aromatic heterocycles. The first-order chi connectivity index (χ1) is 26.7. The summed E-state index contributed by atoms with van der Waals surface area (Å²) in [4.78, 5) is 16.6. The second-order valence-corrected chi connectivity index (χ2v) is 18.8. The third-order valence-corrected chi connectivity index (χ3v) is 13.8. The van der Waals surface area contributed by atoms with Gasteiger partial charge in [0, 0.05) is 38.0 Å². The number of nitrogens with zero attached hydrogens (tertiary/aromatic N) is 1. The smallest absolute Gasteiger partial charge is 0 e. The second-order valence-electron chi connectivity index (χ2n) is 16.6. The van der Waals surface area contributed by atoms with Gasteiger partial charge in [0.2, 0.25) is 0 Å². The summed E-state index contributed by atoms with van der Waals surface area (Å²) < 4.78 is 36.8. The number of aryl methyl sites for hydroxylation is 1. The van der Waals surface area contributed by atoms with Crippen molar-refractivity contribution in [3.8, 4) is 21.3 Å². The first-order valence-corrected chi connectivity index (χ1v) is 21.4. The molecule has 0 unspecified atom stereocenters. The van der Waals surface area contributed by atoms with Crippen molar-refractivity contribution in [2.45, 2.75) is 132 Å². The van der Waals surface area contributed by atoms with Crippen molar-refractivity contribution in [1.29, 1.82) is 0 Å². The van der Waals surface area contributed by atoms with E-state index < -0.39 is 12.7 Å². The summed E-state index contributed by atoms with van der Waals surface area (Å²) in [6.45, 7) is 17.0. The molecule has 1 radical (unpaired) electrons. The van der Waals surface area contributed by atoms with Crippen LogP contribution < -0.4 is 0 Å². The molecule has 0 amide bonds. The molecule has 1 N–H and O–H groups in total. The Balaban J connectivity index is 0.000000398. The Hall–Kier alpha value is -2.81. The Labute approximate surface area is 351 Å². The quantitative estimate of drug-likeness (QED) is 0.0657. The summed E-state index contributed by atoms with van der Waals surface area (Å²) in [6.07, 6.45) is 10.2. The Kier molecular flexibility index (Phi) is 13.3. The summed E-state index contributed by atoms with van der Waals surface area (Å²) >= 11 is -0.130. The SMILES string of the molecule is CCC(CC)C(=O)/C=C(\O)C(CC)CC.[2H]C([2H])([2H])c1cc(C2([2H])CCC(C)(C)CC2)ccc1-c1cc2ccnc(-c3[c-]c4ccccc4c(C(C)(C)C)c3)c2[se]1.[Ir]. The minimum Gasteiger partial charge on any atom is 0 e. The van der Waals surface area contributed by atoms with Crippen LogP contribution in [0.15, 0.2) is 78.7 Å². The minimum atomic E-state index is -2.27. The average Bonchev–Trinajstić information content (AvgIpc) is 3.61. The van der Waals surface area contributed by atoms with Gasteiger partial charge < -0.3 is 5.11 Å². The third kappa shape index (κ3) is 10.3. The van der Waals surface area contributed by atoms with Gasteiger partial charge in [0.25, 0.3) is 0 Å². The van der Waals surface area contributed by atoms with E-state index in [2.05, 4.69) is 77.1 Å². The zero-order chi connectivity index (χ0) is 41.9. The van der Waals surface area contributed by atoms with Gasteiger partial charge in [-0.25, -0.2) is 0 Å². The summed E-state index contributed by atoms with van der Waals surface area (Å²) in [5.41, 5.74) is 5.34. The van der Waals surface area contributed by atoms with Crippen LogP contribution in [-0.2, 0) is 30.3 Å². The molecule has 54 heavy (non-hydrogen) atoms. The predicted molar refractivity (Wildman–Crippen MR) is 228 cm³/mol. The van der Waals surface area contributed by atoms with Crippen molar-refractivity contribution < 1.29 is 35.5 Å². The van der Waals surface area contributed by atoms with Gasteiger partial charge in [-0.15, -0.1) is 0 Å². The number of fused-ring (bicyclic) bond motifs is 2. The van der Waals surface area contributed by atoms with E-state index in [1.54, 1.807) is 0 Å². The molecule has 0 bridgehead atoms. The number of allylic oxidation sites excluding steroid dienone is 2. The van der Waals surface area contributed by atoms with Crippen molar-refractivity contribution in [1.82, 2.24) is 4.98 Å². The molecule has 3 nitrogen and oxygen atoms in total. The van der Waals surface area contributed by atoms with Crippen molar-refractivity contribution in [2.75, 3.05) is 0 Å². The number of rotatable bonds is 10. The molecule has 1 saturated carbocycles. The van der Waals surface area contributed by atoms with E-state index in [1.165, 1.54) is 21.3 Å². The molecule has 6 rings (SSSR count). The number of benzene rings is 3. The van der Waals surface area contributed by atoms with E-state index in [-0.39, 0.29) is 68.8 Å². The van der Waals surface area contributed by atoms with Crippen LogP contribution in [0.5, 0.6) is 0 Å². The molecule has 1 aliphatic carbocycles. The largest absolute Gasteiger partial charge is 0 e. The summed E-state index contributed by atoms with van der Waals surface area (Å²) in [5, 5.41) is 13.1. The molecule has 0 spiro atoms. The zero-order valence-electron chi connectivity index (χ0n) is 37.8.